The first-order chi connectivity index (χ1) is 9.53. The van der Waals surface area contributed by atoms with Crippen molar-refractivity contribution in [3.8, 4) is 6.07 Å². The molecule has 20 heavy (non-hydrogen) atoms. The molecular formula is C12H19BClFN4O. The van der Waals surface area contributed by atoms with Gasteiger partial charge in [0.1, 0.15) is 17.4 Å². The van der Waals surface area contributed by atoms with E-state index in [9.17, 15) is 4.39 Å². The lowest BCUT2D eigenvalue weighted by atomic mass is 9.75. The SMILES string of the molecule is CC[C@H](NC1N=C(Cl)C(C#N)=CC1F)[C@H](C)BOCN. The molecule has 4 atom stereocenters. The number of nitriles is 1. The van der Waals surface area contributed by atoms with E-state index < -0.39 is 12.3 Å². The zero-order valence-corrected chi connectivity index (χ0v) is 12.4. The number of dihydropyridines is 1. The molecule has 8 heteroatoms. The molecule has 0 aliphatic carbocycles. The van der Waals surface area contributed by atoms with Crippen LogP contribution < -0.4 is 11.1 Å². The molecule has 1 heterocycles. The van der Waals surface area contributed by atoms with Gasteiger partial charge in [-0.25, -0.2) is 9.38 Å². The molecule has 0 saturated carbocycles. The van der Waals surface area contributed by atoms with E-state index in [0.717, 1.165) is 6.42 Å². The number of alkyl halides is 1. The maximum atomic E-state index is 14.0. The van der Waals surface area contributed by atoms with Crippen LogP contribution in [0.25, 0.3) is 0 Å². The third-order valence-electron chi connectivity index (χ3n) is 3.23. The Morgan fingerprint density at radius 1 is 1.75 bits per heavy atom. The summed E-state index contributed by atoms with van der Waals surface area (Å²) in [7, 11) is 0.489. The standard InChI is InChI=1S/C12H19BClFN4O/c1-3-10(7(2)13-20-6-17)18-12-9(15)4-8(5-16)11(14)19-12/h4,7,9-10,12-13,18H,3,6,17H2,1-2H3/t7-,9?,10-,12?/m0/s1. The van der Waals surface area contributed by atoms with Gasteiger partial charge < -0.3 is 10.4 Å². The van der Waals surface area contributed by atoms with Crippen LogP contribution in [0.4, 0.5) is 4.39 Å². The molecule has 1 aliphatic heterocycles. The minimum Gasteiger partial charge on any atom is -0.427 e. The van der Waals surface area contributed by atoms with E-state index in [1.165, 1.54) is 6.08 Å². The smallest absolute Gasteiger partial charge is 0.281 e. The molecule has 1 aliphatic rings. The Kier molecular flexibility index (Phi) is 7.17. The summed E-state index contributed by atoms with van der Waals surface area (Å²) in [5.74, 6) is 0.158. The predicted octanol–water partition coefficient (Wildman–Crippen LogP) is 1.21. The number of nitrogens with zero attached hydrogens (tertiary/aromatic N) is 2. The van der Waals surface area contributed by atoms with Gasteiger partial charge in [0.2, 0.25) is 0 Å². The molecule has 2 unspecified atom stereocenters. The fraction of sp³-hybridized carbons (Fsp3) is 0.667. The van der Waals surface area contributed by atoms with E-state index in [1.54, 1.807) is 0 Å². The minimum absolute atomic E-state index is 0.0232. The summed E-state index contributed by atoms with van der Waals surface area (Å²) in [6.07, 6.45) is -0.158. The van der Waals surface area contributed by atoms with Crippen LogP contribution in [-0.4, -0.2) is 37.8 Å². The van der Waals surface area contributed by atoms with Crippen molar-refractivity contribution >= 4 is 24.3 Å². The highest BCUT2D eigenvalue weighted by atomic mass is 35.5. The van der Waals surface area contributed by atoms with Crippen molar-refractivity contribution in [1.82, 2.24) is 5.32 Å². The second-order valence-corrected chi connectivity index (χ2v) is 5.06. The zero-order valence-electron chi connectivity index (χ0n) is 11.6. The monoisotopic (exact) mass is 300 g/mol. The second-order valence-electron chi connectivity index (χ2n) is 4.70. The van der Waals surface area contributed by atoms with E-state index in [-0.39, 0.29) is 29.3 Å². The van der Waals surface area contributed by atoms with Gasteiger partial charge in [-0.15, -0.1) is 0 Å². The number of aliphatic imine (C=N–C) groups is 1. The van der Waals surface area contributed by atoms with Crippen LogP contribution in [0.15, 0.2) is 16.6 Å². The Bertz CT molecular complexity index is 426. The van der Waals surface area contributed by atoms with Gasteiger partial charge in [0, 0.05) is 6.04 Å². The summed E-state index contributed by atoms with van der Waals surface area (Å²) in [4.78, 5) is 4.01. The summed E-state index contributed by atoms with van der Waals surface area (Å²) in [5, 5.41) is 11.9. The highest BCUT2D eigenvalue weighted by Gasteiger charge is 2.29. The van der Waals surface area contributed by atoms with Gasteiger partial charge in [-0.05, 0) is 18.3 Å². The summed E-state index contributed by atoms with van der Waals surface area (Å²) >= 11 is 5.84. The molecule has 110 valence electrons. The largest absolute Gasteiger partial charge is 0.427 e. The maximum absolute atomic E-state index is 14.0. The molecule has 1 rings (SSSR count). The number of hydrogen-bond acceptors (Lipinski definition) is 5. The normalized spacial score (nSPS) is 25.2. The van der Waals surface area contributed by atoms with Gasteiger partial charge in [-0.3, -0.25) is 5.32 Å². The average Bonchev–Trinajstić information content (AvgIpc) is 2.44. The molecule has 0 aromatic carbocycles. The van der Waals surface area contributed by atoms with Gasteiger partial charge in [0.15, 0.2) is 6.17 Å². The van der Waals surface area contributed by atoms with E-state index in [2.05, 4.69) is 10.3 Å². The quantitative estimate of drug-likeness (QED) is 0.547. The van der Waals surface area contributed by atoms with E-state index in [4.69, 9.17) is 27.3 Å². The molecule has 0 amide bonds. The molecule has 0 saturated heterocycles. The fourth-order valence-corrected chi connectivity index (χ4v) is 2.28. The Labute approximate surface area is 124 Å². The first kappa shape index (κ1) is 17.1. The van der Waals surface area contributed by atoms with E-state index in [0.29, 0.717) is 7.48 Å². The number of hydrogen-bond donors (Lipinski definition) is 2. The Balaban J connectivity index is 2.67. The molecule has 0 radical (unpaired) electrons. The third kappa shape index (κ3) is 4.56. The summed E-state index contributed by atoms with van der Waals surface area (Å²) in [6, 6.07) is 1.84. The van der Waals surface area contributed by atoms with Crippen molar-refractivity contribution in [3.05, 3.63) is 11.6 Å². The fourth-order valence-electron chi connectivity index (χ4n) is 2.07. The molecule has 0 spiro atoms. The Morgan fingerprint density at radius 3 is 3.00 bits per heavy atom. The van der Waals surface area contributed by atoms with Crippen molar-refractivity contribution in [2.75, 3.05) is 6.73 Å². The number of rotatable bonds is 7. The minimum atomic E-state index is -1.37. The molecule has 0 fully saturated rings. The van der Waals surface area contributed by atoms with Crippen molar-refractivity contribution < 1.29 is 9.04 Å². The molecular weight excluding hydrogens is 281 g/mol. The number of allylic oxidation sites excluding steroid dienone is 1. The summed E-state index contributed by atoms with van der Waals surface area (Å²) in [6.45, 7) is 4.15. The van der Waals surface area contributed by atoms with Gasteiger partial charge >= 0.3 is 0 Å². The maximum Gasteiger partial charge on any atom is 0.281 e. The second kappa shape index (κ2) is 8.37. The van der Waals surface area contributed by atoms with Crippen molar-refractivity contribution in [2.24, 2.45) is 10.7 Å². The highest BCUT2D eigenvalue weighted by molar-refractivity contribution is 6.70. The Morgan fingerprint density at radius 2 is 2.45 bits per heavy atom. The van der Waals surface area contributed by atoms with Crippen LogP contribution in [0.3, 0.4) is 0 Å². The van der Waals surface area contributed by atoms with Gasteiger partial charge in [-0.1, -0.05) is 25.4 Å². The average molecular weight is 301 g/mol. The van der Waals surface area contributed by atoms with Crippen molar-refractivity contribution in [3.63, 3.8) is 0 Å². The van der Waals surface area contributed by atoms with Gasteiger partial charge in [-0.2, -0.15) is 5.26 Å². The number of nitrogens with one attached hydrogen (secondary N) is 1. The van der Waals surface area contributed by atoms with Crippen LogP contribution in [0, 0.1) is 11.3 Å². The lowest BCUT2D eigenvalue weighted by molar-refractivity contribution is 0.269. The number of halogens is 2. The predicted molar refractivity (Wildman–Crippen MR) is 79.6 cm³/mol. The topological polar surface area (TPSA) is 83.4 Å². The molecule has 5 nitrogen and oxygen atoms in total. The van der Waals surface area contributed by atoms with Crippen LogP contribution in [-0.2, 0) is 4.65 Å². The van der Waals surface area contributed by atoms with Crippen molar-refractivity contribution in [1.29, 1.82) is 5.26 Å². The first-order valence-electron chi connectivity index (χ1n) is 6.57. The van der Waals surface area contributed by atoms with Crippen LogP contribution in [0.2, 0.25) is 5.82 Å². The van der Waals surface area contributed by atoms with E-state index >= 15 is 0 Å². The Hall–Kier alpha value is -0.935. The summed E-state index contributed by atoms with van der Waals surface area (Å²) in [5.41, 5.74) is 5.37. The molecule has 0 aromatic rings. The molecule has 0 aromatic heterocycles. The lowest BCUT2D eigenvalue weighted by Crippen LogP contribution is -2.46. The zero-order chi connectivity index (χ0) is 15.1. The van der Waals surface area contributed by atoms with Crippen LogP contribution in [0.5, 0.6) is 0 Å². The number of nitrogens with two attached hydrogens (primary N) is 1. The highest BCUT2D eigenvalue weighted by Crippen LogP contribution is 2.20. The molecule has 0 bridgehead atoms. The van der Waals surface area contributed by atoms with Crippen LogP contribution in [0.1, 0.15) is 20.3 Å². The van der Waals surface area contributed by atoms with Crippen LogP contribution >= 0.6 is 11.6 Å². The van der Waals surface area contributed by atoms with Gasteiger partial charge in [0.25, 0.3) is 7.48 Å². The summed E-state index contributed by atoms with van der Waals surface area (Å²) < 4.78 is 19.1. The third-order valence-corrected chi connectivity index (χ3v) is 3.53. The van der Waals surface area contributed by atoms with Crippen molar-refractivity contribution in [2.45, 2.75) is 44.5 Å². The molecule has 3 N–H and O–H groups in total. The van der Waals surface area contributed by atoms with Gasteiger partial charge in [0.05, 0.1) is 12.3 Å². The first-order valence-corrected chi connectivity index (χ1v) is 6.94. The lowest BCUT2D eigenvalue weighted by Gasteiger charge is -2.29. The van der Waals surface area contributed by atoms with E-state index in [1.807, 2.05) is 19.9 Å².